The molecule has 3 atom stereocenters. The molecule has 2 fully saturated rings. The molecule has 2 aliphatic rings. The maximum absolute atomic E-state index is 10.6. The Morgan fingerprint density at radius 2 is 1.84 bits per heavy atom. The first-order valence-corrected chi connectivity index (χ1v) is 6.28. The minimum atomic E-state index is -0.536. The predicted octanol–water partition coefficient (Wildman–Crippen LogP) is 0.287. The molecule has 3 unspecified atom stereocenters. The van der Waals surface area contributed by atoms with Gasteiger partial charge in [0.15, 0.2) is 0 Å². The quantitative estimate of drug-likeness (QED) is 0.408. The molecular formula is C13H22O6. The van der Waals surface area contributed by atoms with E-state index < -0.39 is 12.1 Å². The molecule has 0 aromatic rings. The van der Waals surface area contributed by atoms with Crippen LogP contribution in [0.25, 0.3) is 0 Å². The summed E-state index contributed by atoms with van der Waals surface area (Å²) < 4.78 is 19.5. The number of ether oxygens (including phenoxy) is 4. The zero-order valence-corrected chi connectivity index (χ0v) is 11.5. The first-order valence-electron chi connectivity index (χ1n) is 6.28. The Bertz CT molecular complexity index is 282. The molecule has 0 bridgehead atoms. The van der Waals surface area contributed by atoms with Crippen LogP contribution in [-0.4, -0.2) is 62.9 Å². The standard InChI is InChI=1S/C7H12O3.C6H10O3/c1-5(4-6(2)8)7(9)10-3;1(5-3-8-5)7-2-6-4-9-6/h6,8H,1,4H2,2-3H3;5-6H,1-4H2. The number of carbonyl (C=O) groups excluding carboxylic acids is 1. The Morgan fingerprint density at radius 3 is 2.16 bits per heavy atom. The number of carbonyl (C=O) groups is 1. The van der Waals surface area contributed by atoms with Crippen molar-refractivity contribution in [3.05, 3.63) is 12.2 Å². The zero-order valence-electron chi connectivity index (χ0n) is 11.5. The van der Waals surface area contributed by atoms with Gasteiger partial charge in [-0.25, -0.2) is 4.79 Å². The van der Waals surface area contributed by atoms with Gasteiger partial charge in [0.2, 0.25) is 0 Å². The molecule has 19 heavy (non-hydrogen) atoms. The zero-order chi connectivity index (χ0) is 14.3. The molecule has 2 aliphatic heterocycles. The summed E-state index contributed by atoms with van der Waals surface area (Å²) >= 11 is 0. The van der Waals surface area contributed by atoms with Crippen LogP contribution in [0.2, 0.25) is 0 Å². The number of epoxide rings is 2. The van der Waals surface area contributed by atoms with Crippen molar-refractivity contribution < 1.29 is 28.8 Å². The summed E-state index contributed by atoms with van der Waals surface area (Å²) in [6.07, 6.45) is 0.520. The fourth-order valence-corrected chi connectivity index (χ4v) is 1.24. The van der Waals surface area contributed by atoms with Gasteiger partial charge < -0.3 is 24.1 Å². The van der Waals surface area contributed by atoms with Crippen molar-refractivity contribution in [3.63, 3.8) is 0 Å². The smallest absolute Gasteiger partial charge is 0.333 e. The summed E-state index contributed by atoms with van der Waals surface area (Å²) in [7, 11) is 1.29. The fourth-order valence-electron chi connectivity index (χ4n) is 1.24. The molecule has 0 aliphatic carbocycles. The van der Waals surface area contributed by atoms with Gasteiger partial charge in [-0.2, -0.15) is 0 Å². The van der Waals surface area contributed by atoms with Gasteiger partial charge in [0.05, 0.1) is 39.6 Å². The molecule has 110 valence electrons. The highest BCUT2D eigenvalue weighted by atomic mass is 16.6. The number of hydrogen-bond acceptors (Lipinski definition) is 6. The Hall–Kier alpha value is -0.950. The van der Waals surface area contributed by atoms with Crippen molar-refractivity contribution in [2.24, 2.45) is 0 Å². The van der Waals surface area contributed by atoms with E-state index in [2.05, 4.69) is 11.3 Å². The maximum Gasteiger partial charge on any atom is 0.333 e. The monoisotopic (exact) mass is 274 g/mol. The summed E-state index contributed by atoms with van der Waals surface area (Å²) in [6, 6.07) is 0. The Kier molecular flexibility index (Phi) is 7.01. The van der Waals surface area contributed by atoms with Crippen molar-refractivity contribution in [1.82, 2.24) is 0 Å². The second-order valence-electron chi connectivity index (χ2n) is 4.60. The molecule has 2 heterocycles. The largest absolute Gasteiger partial charge is 0.466 e. The van der Waals surface area contributed by atoms with Crippen LogP contribution in [0.1, 0.15) is 13.3 Å². The Labute approximate surface area is 113 Å². The van der Waals surface area contributed by atoms with E-state index in [-0.39, 0.29) is 6.42 Å². The number of aliphatic hydroxyl groups is 1. The Morgan fingerprint density at radius 1 is 1.37 bits per heavy atom. The van der Waals surface area contributed by atoms with Crippen molar-refractivity contribution >= 4 is 5.97 Å². The summed E-state index contributed by atoms with van der Waals surface area (Å²) in [5.74, 6) is -0.458. The first-order chi connectivity index (χ1) is 9.02. The molecule has 2 rings (SSSR count). The highest BCUT2D eigenvalue weighted by Crippen LogP contribution is 2.12. The van der Waals surface area contributed by atoms with Gasteiger partial charge in [0.1, 0.15) is 12.2 Å². The van der Waals surface area contributed by atoms with Crippen molar-refractivity contribution in [2.45, 2.75) is 31.7 Å². The van der Waals surface area contributed by atoms with Gasteiger partial charge in [-0.1, -0.05) is 6.58 Å². The normalized spacial score (nSPS) is 24.8. The molecule has 0 saturated carbocycles. The molecule has 6 heteroatoms. The second kappa shape index (κ2) is 8.27. The van der Waals surface area contributed by atoms with E-state index >= 15 is 0 Å². The van der Waals surface area contributed by atoms with Gasteiger partial charge >= 0.3 is 5.97 Å². The van der Waals surface area contributed by atoms with Gasteiger partial charge in [-0.15, -0.1) is 0 Å². The van der Waals surface area contributed by atoms with Gasteiger partial charge in [-0.05, 0) is 6.92 Å². The van der Waals surface area contributed by atoms with Gasteiger partial charge in [0, 0.05) is 12.0 Å². The summed E-state index contributed by atoms with van der Waals surface area (Å²) in [4.78, 5) is 10.6. The third-order valence-corrected chi connectivity index (χ3v) is 2.43. The lowest BCUT2D eigenvalue weighted by Gasteiger charge is -2.04. The van der Waals surface area contributed by atoms with Crippen molar-refractivity contribution in [1.29, 1.82) is 0 Å². The topological polar surface area (TPSA) is 80.8 Å². The second-order valence-corrected chi connectivity index (χ2v) is 4.60. The van der Waals surface area contributed by atoms with Crippen LogP contribution < -0.4 is 0 Å². The molecule has 0 aromatic heterocycles. The molecule has 0 aromatic carbocycles. The van der Waals surface area contributed by atoms with E-state index in [1.165, 1.54) is 7.11 Å². The van der Waals surface area contributed by atoms with Crippen molar-refractivity contribution in [2.75, 3.05) is 33.5 Å². The summed E-state index contributed by atoms with van der Waals surface area (Å²) in [5, 5.41) is 8.80. The van der Waals surface area contributed by atoms with Crippen LogP contribution in [0.5, 0.6) is 0 Å². The molecule has 0 radical (unpaired) electrons. The molecule has 6 nitrogen and oxygen atoms in total. The van der Waals surface area contributed by atoms with E-state index in [1.54, 1.807) is 6.92 Å². The number of esters is 1. The van der Waals surface area contributed by atoms with Crippen molar-refractivity contribution in [3.8, 4) is 0 Å². The highest BCUT2D eigenvalue weighted by Gasteiger charge is 2.26. The van der Waals surface area contributed by atoms with Crippen LogP contribution in [-0.2, 0) is 23.7 Å². The minimum absolute atomic E-state index is 0.271. The average molecular weight is 274 g/mol. The lowest BCUT2D eigenvalue weighted by molar-refractivity contribution is -0.136. The summed E-state index contributed by atoms with van der Waals surface area (Å²) in [6.45, 7) is 8.28. The predicted molar refractivity (Wildman–Crippen MR) is 67.8 cm³/mol. The third kappa shape index (κ3) is 8.72. The fraction of sp³-hybridized carbons (Fsp3) is 0.769. The maximum atomic E-state index is 10.6. The SMILES string of the molecule is C(OCC1CO1)C1CO1.C=C(CC(C)O)C(=O)OC. The van der Waals surface area contributed by atoms with Crippen LogP contribution in [0.4, 0.5) is 0 Å². The third-order valence-electron chi connectivity index (χ3n) is 2.43. The number of rotatable bonds is 7. The van der Waals surface area contributed by atoms with Crippen LogP contribution in [0.15, 0.2) is 12.2 Å². The molecular weight excluding hydrogens is 252 g/mol. The van der Waals surface area contributed by atoms with E-state index in [9.17, 15) is 4.79 Å². The molecule has 2 saturated heterocycles. The minimum Gasteiger partial charge on any atom is -0.466 e. The summed E-state index contributed by atoms with van der Waals surface area (Å²) in [5.41, 5.74) is 0.303. The average Bonchev–Trinajstić information content (AvgIpc) is 3.22. The molecule has 0 amide bonds. The first kappa shape index (κ1) is 16.1. The van der Waals surface area contributed by atoms with E-state index in [0.717, 1.165) is 26.4 Å². The van der Waals surface area contributed by atoms with Crippen LogP contribution in [0, 0.1) is 0 Å². The highest BCUT2D eigenvalue weighted by molar-refractivity contribution is 5.87. The van der Waals surface area contributed by atoms with E-state index in [4.69, 9.17) is 19.3 Å². The van der Waals surface area contributed by atoms with Crippen LogP contribution in [0.3, 0.4) is 0 Å². The van der Waals surface area contributed by atoms with Crippen LogP contribution >= 0.6 is 0 Å². The number of aliphatic hydroxyl groups excluding tert-OH is 1. The molecule has 0 spiro atoms. The number of hydrogen-bond donors (Lipinski definition) is 1. The van der Waals surface area contributed by atoms with E-state index in [0.29, 0.717) is 17.8 Å². The Balaban J connectivity index is 0.000000190. The van der Waals surface area contributed by atoms with Gasteiger partial charge in [0.25, 0.3) is 0 Å². The van der Waals surface area contributed by atoms with Gasteiger partial charge in [-0.3, -0.25) is 0 Å². The lowest BCUT2D eigenvalue weighted by atomic mass is 10.1. The number of methoxy groups -OCH3 is 1. The van der Waals surface area contributed by atoms with E-state index in [1.807, 2.05) is 0 Å². The molecule has 1 N–H and O–H groups in total. The lowest BCUT2D eigenvalue weighted by Crippen LogP contribution is -2.09.